The summed E-state index contributed by atoms with van der Waals surface area (Å²) in [6.07, 6.45) is 6.09. The first-order valence-corrected chi connectivity index (χ1v) is 20.3. The summed E-state index contributed by atoms with van der Waals surface area (Å²) in [4.78, 5) is 25.0. The molecule has 59 heavy (non-hydrogen) atoms. The van der Waals surface area contributed by atoms with Crippen LogP contribution in [0.15, 0.2) is 72.8 Å². The zero-order valence-electron chi connectivity index (χ0n) is 33.7. The van der Waals surface area contributed by atoms with Gasteiger partial charge in [-0.25, -0.2) is 8.42 Å². The van der Waals surface area contributed by atoms with E-state index in [2.05, 4.69) is 10.6 Å². The Labute approximate surface area is 353 Å². The SMILES string of the molecule is COc1cc(OC)c(C=CC(c2ccc(OC)c(NC(=O)CCl)c2)S(=O)(=O)C(C=Cc2c(OC)cc(OC)cc2OC)c2ccc(OC)c(NC(=O)CCl)c2)c(OC)c1. The number of carbonyl (C=O) groups excluding carboxylic acids is 2. The minimum absolute atomic E-state index is 0.180. The number of anilines is 2. The van der Waals surface area contributed by atoms with Crippen molar-refractivity contribution >= 4 is 68.4 Å². The van der Waals surface area contributed by atoms with Gasteiger partial charge in [-0.15, -0.1) is 23.2 Å². The normalized spacial score (nSPS) is 12.4. The lowest BCUT2D eigenvalue weighted by Gasteiger charge is -2.24. The second-order valence-electron chi connectivity index (χ2n) is 12.3. The average molecular weight is 874 g/mol. The molecule has 0 saturated carbocycles. The number of benzene rings is 4. The minimum atomic E-state index is -4.50. The van der Waals surface area contributed by atoms with Gasteiger partial charge in [0, 0.05) is 24.3 Å². The summed E-state index contributed by atoms with van der Waals surface area (Å²) in [5.74, 6) is 0.941. The van der Waals surface area contributed by atoms with Crippen molar-refractivity contribution < 1.29 is 55.9 Å². The maximum Gasteiger partial charge on any atom is 0.239 e. The van der Waals surface area contributed by atoms with Crippen LogP contribution in [0.3, 0.4) is 0 Å². The van der Waals surface area contributed by atoms with Crippen LogP contribution < -0.4 is 48.5 Å². The van der Waals surface area contributed by atoms with Crippen LogP contribution in [-0.2, 0) is 19.4 Å². The third kappa shape index (κ3) is 10.8. The molecule has 14 nitrogen and oxygen atoms in total. The number of methoxy groups -OCH3 is 8. The van der Waals surface area contributed by atoms with Gasteiger partial charge < -0.3 is 48.5 Å². The molecule has 4 aromatic carbocycles. The maximum atomic E-state index is 15.6. The Morgan fingerprint density at radius 3 is 1.12 bits per heavy atom. The largest absolute Gasteiger partial charge is 0.496 e. The van der Waals surface area contributed by atoms with Crippen molar-refractivity contribution in [1.82, 2.24) is 0 Å². The Morgan fingerprint density at radius 2 is 0.847 bits per heavy atom. The highest BCUT2D eigenvalue weighted by Gasteiger charge is 2.35. The van der Waals surface area contributed by atoms with E-state index in [0.717, 1.165) is 0 Å². The van der Waals surface area contributed by atoms with Crippen LogP contribution in [0.4, 0.5) is 11.4 Å². The Morgan fingerprint density at radius 1 is 0.525 bits per heavy atom. The highest BCUT2D eigenvalue weighted by Crippen LogP contribution is 2.44. The standard InChI is InChI=1S/C42H46Cl2N2O12S/c1-51-27-19-35(55-5)29(36(20-27)56-6)11-15-39(25-9-13-33(53-3)31(17-25)45-41(47)23-43)59(49,50)40(26-10-14-34(54-4)32(18-26)46-42(48)24-44)16-12-30-37(57-7)21-28(52-2)22-38(30)58-8/h9-22,39-40H,23-24H2,1-8H3,(H,45,47)(H,46,48). The van der Waals surface area contributed by atoms with E-state index < -0.39 is 32.2 Å². The lowest BCUT2D eigenvalue weighted by molar-refractivity contribution is -0.114. The molecule has 0 radical (unpaired) electrons. The van der Waals surface area contributed by atoms with E-state index in [0.29, 0.717) is 45.6 Å². The van der Waals surface area contributed by atoms with Crippen molar-refractivity contribution in [2.45, 2.75) is 10.5 Å². The van der Waals surface area contributed by atoms with Gasteiger partial charge in [0.05, 0.1) is 79.4 Å². The zero-order valence-corrected chi connectivity index (χ0v) is 36.0. The summed E-state index contributed by atoms with van der Waals surface area (Å²) < 4.78 is 75.7. The van der Waals surface area contributed by atoms with Crippen molar-refractivity contribution in [3.8, 4) is 46.0 Å². The molecule has 2 N–H and O–H groups in total. The van der Waals surface area contributed by atoms with Crippen LogP contribution in [-0.4, -0.2) is 88.9 Å². The number of halogens is 2. The first-order chi connectivity index (χ1) is 28.4. The van der Waals surface area contributed by atoms with Crippen molar-refractivity contribution in [2.75, 3.05) is 79.3 Å². The molecule has 2 atom stereocenters. The molecule has 4 rings (SSSR count). The first kappa shape index (κ1) is 45.9. The van der Waals surface area contributed by atoms with E-state index in [1.54, 1.807) is 48.6 Å². The lowest BCUT2D eigenvalue weighted by atomic mass is 10.1. The number of hydrogen-bond donors (Lipinski definition) is 2. The number of ether oxygens (including phenoxy) is 8. The smallest absolute Gasteiger partial charge is 0.239 e. The molecule has 0 aliphatic heterocycles. The molecule has 17 heteroatoms. The number of carbonyl (C=O) groups is 2. The Bertz CT molecular complexity index is 2100. The van der Waals surface area contributed by atoms with Gasteiger partial charge in [-0.1, -0.05) is 24.3 Å². The van der Waals surface area contributed by atoms with Gasteiger partial charge in [-0.2, -0.15) is 0 Å². The topological polar surface area (TPSA) is 166 Å². The number of nitrogens with one attached hydrogen (secondary N) is 2. The molecular weight excluding hydrogens is 827 g/mol. The average Bonchev–Trinajstić information content (AvgIpc) is 3.25. The fourth-order valence-electron chi connectivity index (χ4n) is 6.11. The summed E-state index contributed by atoms with van der Waals surface area (Å²) in [6, 6.07) is 15.7. The molecule has 2 amide bonds. The molecule has 0 aliphatic rings. The van der Waals surface area contributed by atoms with Gasteiger partial charge >= 0.3 is 0 Å². The third-order valence-electron chi connectivity index (χ3n) is 8.98. The highest BCUT2D eigenvalue weighted by atomic mass is 35.5. The molecule has 4 aromatic rings. The second kappa shape index (κ2) is 21.3. The number of amides is 2. The van der Waals surface area contributed by atoms with Crippen LogP contribution in [0, 0.1) is 0 Å². The van der Waals surface area contributed by atoms with E-state index in [9.17, 15) is 9.59 Å². The fraction of sp³-hybridized carbons (Fsp3) is 0.286. The highest BCUT2D eigenvalue weighted by molar-refractivity contribution is 7.92. The maximum absolute atomic E-state index is 15.6. The third-order valence-corrected chi connectivity index (χ3v) is 11.7. The van der Waals surface area contributed by atoms with Gasteiger partial charge in [0.15, 0.2) is 9.84 Å². The van der Waals surface area contributed by atoms with E-state index >= 15 is 8.42 Å². The molecule has 0 saturated heterocycles. The monoisotopic (exact) mass is 872 g/mol. The quantitative estimate of drug-likeness (QED) is 0.0832. The lowest BCUT2D eigenvalue weighted by Crippen LogP contribution is -2.20. The zero-order chi connectivity index (χ0) is 43.3. The van der Waals surface area contributed by atoms with Crippen molar-refractivity contribution in [3.05, 3.63) is 95.1 Å². The van der Waals surface area contributed by atoms with E-state index in [4.69, 9.17) is 61.1 Å². The number of alkyl halides is 2. The van der Waals surface area contributed by atoms with E-state index in [-0.39, 0.29) is 45.8 Å². The Kier molecular flexibility index (Phi) is 16.6. The first-order valence-electron chi connectivity index (χ1n) is 17.6. The van der Waals surface area contributed by atoms with E-state index in [1.807, 2.05) is 0 Å². The molecule has 0 spiro atoms. The molecule has 0 fully saturated rings. The van der Waals surface area contributed by atoms with Crippen LogP contribution >= 0.6 is 23.2 Å². The van der Waals surface area contributed by atoms with Crippen LogP contribution in [0.2, 0.25) is 0 Å². The number of rotatable bonds is 20. The van der Waals surface area contributed by atoms with Gasteiger partial charge in [0.25, 0.3) is 0 Å². The number of hydrogen-bond acceptors (Lipinski definition) is 12. The molecule has 2 unspecified atom stereocenters. The molecule has 0 aliphatic carbocycles. The van der Waals surface area contributed by atoms with Crippen LogP contribution in [0.1, 0.15) is 32.8 Å². The summed E-state index contributed by atoms with van der Waals surface area (Å²) in [6.45, 7) is 0. The molecular formula is C42H46Cl2N2O12S. The van der Waals surface area contributed by atoms with Gasteiger partial charge in [-0.05, 0) is 47.5 Å². The Balaban J connectivity index is 2.10. The van der Waals surface area contributed by atoms with E-state index in [1.165, 1.54) is 93.3 Å². The summed E-state index contributed by atoms with van der Waals surface area (Å²) in [5.41, 5.74) is 1.66. The number of sulfone groups is 1. The van der Waals surface area contributed by atoms with Crippen molar-refractivity contribution in [3.63, 3.8) is 0 Å². The summed E-state index contributed by atoms with van der Waals surface area (Å²) in [7, 11) is 7.15. The summed E-state index contributed by atoms with van der Waals surface area (Å²) >= 11 is 11.7. The van der Waals surface area contributed by atoms with Gasteiger partial charge in [-0.3, -0.25) is 9.59 Å². The van der Waals surface area contributed by atoms with Crippen molar-refractivity contribution in [2.24, 2.45) is 0 Å². The predicted molar refractivity (Wildman–Crippen MR) is 229 cm³/mol. The molecule has 0 aromatic heterocycles. The van der Waals surface area contributed by atoms with Gasteiger partial charge in [0.1, 0.15) is 68.3 Å². The van der Waals surface area contributed by atoms with Crippen LogP contribution in [0.25, 0.3) is 12.2 Å². The van der Waals surface area contributed by atoms with Crippen molar-refractivity contribution in [1.29, 1.82) is 0 Å². The molecule has 316 valence electrons. The summed E-state index contributed by atoms with van der Waals surface area (Å²) in [5, 5.41) is 2.46. The second-order valence-corrected chi connectivity index (χ2v) is 15.1. The fourth-order valence-corrected chi connectivity index (χ4v) is 8.20. The molecule has 0 bridgehead atoms. The van der Waals surface area contributed by atoms with Crippen LogP contribution in [0.5, 0.6) is 46.0 Å². The molecule has 0 heterocycles. The van der Waals surface area contributed by atoms with Gasteiger partial charge in [0.2, 0.25) is 11.8 Å². The Hall–Kier alpha value is -5.77. The predicted octanol–water partition coefficient (Wildman–Crippen LogP) is 7.73. The minimum Gasteiger partial charge on any atom is -0.496 e.